The molecule has 0 bridgehead atoms. The molecular formula is C45H29N3O. The van der Waals surface area contributed by atoms with Crippen molar-refractivity contribution in [2.75, 3.05) is 0 Å². The van der Waals surface area contributed by atoms with Gasteiger partial charge in [0.15, 0.2) is 0 Å². The fourth-order valence-electron chi connectivity index (χ4n) is 7.56. The summed E-state index contributed by atoms with van der Waals surface area (Å²) >= 11 is 0. The van der Waals surface area contributed by atoms with Gasteiger partial charge >= 0.3 is 0 Å². The maximum absolute atomic E-state index is 6.60. The van der Waals surface area contributed by atoms with Crippen LogP contribution in [0.4, 0.5) is 0 Å². The average Bonchev–Trinajstić information content (AvgIpc) is 3.42. The summed E-state index contributed by atoms with van der Waals surface area (Å²) in [4.78, 5) is 9.90. The van der Waals surface area contributed by atoms with Gasteiger partial charge in [0.05, 0.1) is 16.7 Å². The lowest BCUT2D eigenvalue weighted by molar-refractivity contribution is 0.483. The Morgan fingerprint density at radius 1 is 0.469 bits per heavy atom. The Kier molecular flexibility index (Phi) is 6.06. The summed E-state index contributed by atoms with van der Waals surface area (Å²) in [7, 11) is 0. The topological polar surface area (TPSA) is 39.9 Å². The summed E-state index contributed by atoms with van der Waals surface area (Å²) in [6.07, 6.45) is 3.96. The van der Waals surface area contributed by atoms with Gasteiger partial charge in [-0.25, -0.2) is 4.98 Å². The van der Waals surface area contributed by atoms with Gasteiger partial charge in [0, 0.05) is 51.1 Å². The summed E-state index contributed by atoms with van der Waals surface area (Å²) in [5, 5.41) is 4.68. The first-order chi connectivity index (χ1) is 24.2. The molecule has 3 aromatic heterocycles. The number of aromatic nitrogens is 3. The molecule has 6 aromatic carbocycles. The van der Waals surface area contributed by atoms with E-state index in [1.54, 1.807) is 0 Å². The molecule has 49 heavy (non-hydrogen) atoms. The van der Waals surface area contributed by atoms with Crippen molar-refractivity contribution < 1.29 is 4.74 Å². The zero-order chi connectivity index (χ0) is 32.5. The van der Waals surface area contributed by atoms with Gasteiger partial charge in [-0.3, -0.25) is 9.55 Å². The summed E-state index contributed by atoms with van der Waals surface area (Å²) in [5.74, 6) is 2.39. The molecule has 1 aliphatic carbocycles. The Labute approximate surface area is 283 Å². The van der Waals surface area contributed by atoms with E-state index in [0.29, 0.717) is 0 Å². The van der Waals surface area contributed by atoms with E-state index in [4.69, 9.17) is 14.7 Å². The Bertz CT molecular complexity index is 2710. The number of rotatable bonds is 4. The maximum Gasteiger partial charge on any atom is 0.137 e. The molecule has 0 saturated carbocycles. The predicted octanol–water partition coefficient (Wildman–Crippen LogP) is 11.8. The molecule has 9 aromatic rings. The van der Waals surface area contributed by atoms with Crippen LogP contribution in [0, 0.1) is 6.92 Å². The van der Waals surface area contributed by atoms with Crippen molar-refractivity contribution in [3.05, 3.63) is 164 Å². The zero-order valence-corrected chi connectivity index (χ0v) is 26.8. The van der Waals surface area contributed by atoms with Crippen LogP contribution < -0.4 is 4.74 Å². The van der Waals surface area contributed by atoms with Crippen molar-refractivity contribution in [3.8, 4) is 62.0 Å². The summed E-state index contributed by atoms with van der Waals surface area (Å²) < 4.78 is 8.81. The van der Waals surface area contributed by atoms with Crippen LogP contribution in [0.1, 0.15) is 5.56 Å². The molecule has 0 radical (unpaired) electrons. The lowest BCUT2D eigenvalue weighted by Gasteiger charge is -2.14. The Morgan fingerprint density at radius 2 is 1.12 bits per heavy atom. The fraction of sp³-hybridized carbons (Fsp3) is 0.0222. The van der Waals surface area contributed by atoms with Gasteiger partial charge in [-0.1, -0.05) is 103 Å². The number of fused-ring (bicyclic) bond motifs is 8. The fourth-order valence-corrected chi connectivity index (χ4v) is 7.56. The van der Waals surface area contributed by atoms with Gasteiger partial charge in [0.2, 0.25) is 0 Å². The first kappa shape index (κ1) is 27.6. The quantitative estimate of drug-likeness (QED) is 0.195. The summed E-state index contributed by atoms with van der Waals surface area (Å²) in [6, 6.07) is 51.2. The SMILES string of the molecule is Cc1ccc(-n2c3ccccc3c3ccc(Oc4cccc(-c5ncc6c7c(cccc57)-c5ccccc5-c5ccccc5-6)c4)cc32)nc1. The third-order valence-electron chi connectivity index (χ3n) is 9.75. The van der Waals surface area contributed by atoms with Crippen molar-refractivity contribution in [1.82, 2.24) is 14.5 Å². The van der Waals surface area contributed by atoms with E-state index in [2.05, 4.69) is 139 Å². The minimum atomic E-state index is 0.753. The predicted molar refractivity (Wildman–Crippen MR) is 200 cm³/mol. The maximum atomic E-state index is 6.60. The van der Waals surface area contributed by atoms with Gasteiger partial charge in [-0.05, 0) is 76.7 Å². The van der Waals surface area contributed by atoms with Gasteiger partial charge in [0.1, 0.15) is 17.3 Å². The highest BCUT2D eigenvalue weighted by Crippen LogP contribution is 2.48. The molecule has 230 valence electrons. The van der Waals surface area contributed by atoms with Gasteiger partial charge in [-0.15, -0.1) is 0 Å². The first-order valence-corrected chi connectivity index (χ1v) is 16.6. The monoisotopic (exact) mass is 627 g/mol. The number of pyridine rings is 2. The van der Waals surface area contributed by atoms with Crippen LogP contribution in [0.5, 0.6) is 11.5 Å². The largest absolute Gasteiger partial charge is 0.457 e. The van der Waals surface area contributed by atoms with E-state index in [1.807, 2.05) is 30.6 Å². The lowest BCUT2D eigenvalue weighted by Crippen LogP contribution is -1.97. The smallest absolute Gasteiger partial charge is 0.137 e. The van der Waals surface area contributed by atoms with Gasteiger partial charge in [0.25, 0.3) is 0 Å². The minimum absolute atomic E-state index is 0.753. The molecule has 0 aliphatic heterocycles. The lowest BCUT2D eigenvalue weighted by atomic mass is 9.93. The Balaban J connectivity index is 1.09. The van der Waals surface area contributed by atoms with Crippen LogP contribution >= 0.6 is 0 Å². The molecule has 3 heterocycles. The molecule has 0 fully saturated rings. The third kappa shape index (κ3) is 4.31. The second-order valence-electron chi connectivity index (χ2n) is 12.7. The molecule has 4 nitrogen and oxygen atoms in total. The van der Waals surface area contributed by atoms with E-state index in [9.17, 15) is 0 Å². The van der Waals surface area contributed by atoms with Crippen molar-refractivity contribution >= 4 is 32.6 Å². The second kappa shape index (κ2) is 10.8. The molecule has 0 spiro atoms. The number of para-hydroxylation sites is 1. The molecule has 1 aliphatic rings. The number of hydrogen-bond donors (Lipinski definition) is 0. The highest BCUT2D eigenvalue weighted by Gasteiger charge is 2.23. The van der Waals surface area contributed by atoms with Crippen molar-refractivity contribution in [3.63, 3.8) is 0 Å². The van der Waals surface area contributed by atoms with Crippen molar-refractivity contribution in [1.29, 1.82) is 0 Å². The normalized spacial score (nSPS) is 11.8. The number of ether oxygens (including phenoxy) is 1. The number of nitrogens with zero attached hydrogens (tertiary/aromatic N) is 3. The zero-order valence-electron chi connectivity index (χ0n) is 26.8. The number of benzene rings is 6. The Hall–Kier alpha value is -6.52. The summed E-state index contributed by atoms with van der Waals surface area (Å²) in [5.41, 5.74) is 12.5. The van der Waals surface area contributed by atoms with Crippen LogP contribution in [0.25, 0.3) is 83.0 Å². The number of aryl methyl sites for hydroxylation is 1. The average molecular weight is 628 g/mol. The van der Waals surface area contributed by atoms with E-state index < -0.39 is 0 Å². The molecule has 0 saturated heterocycles. The number of hydrogen-bond acceptors (Lipinski definition) is 3. The standard InChI is InChI=1S/C45H29N3O/c1-28-20-23-43(46-26-28)48-41-19-7-6-16-36(41)37-22-21-31(25-42(37)48)49-30-11-8-10-29(24-30)45-39-18-9-17-38-34-14-4-2-12-32(34)33-13-3-5-15-35(33)40(27-47-45)44(38)39/h2-27H,1H3. The molecule has 10 rings (SSSR count). The molecule has 0 unspecified atom stereocenters. The van der Waals surface area contributed by atoms with Crippen molar-refractivity contribution in [2.24, 2.45) is 0 Å². The van der Waals surface area contributed by atoms with Crippen molar-refractivity contribution in [2.45, 2.75) is 6.92 Å². The highest BCUT2D eigenvalue weighted by atomic mass is 16.5. The molecule has 0 N–H and O–H groups in total. The molecular weight excluding hydrogens is 599 g/mol. The minimum Gasteiger partial charge on any atom is -0.457 e. The van der Waals surface area contributed by atoms with Crippen LogP contribution in [-0.2, 0) is 0 Å². The summed E-state index contributed by atoms with van der Waals surface area (Å²) in [6.45, 7) is 2.06. The molecule has 0 atom stereocenters. The highest BCUT2D eigenvalue weighted by molar-refractivity contribution is 6.16. The van der Waals surface area contributed by atoms with Crippen LogP contribution in [0.3, 0.4) is 0 Å². The van der Waals surface area contributed by atoms with E-state index in [0.717, 1.165) is 61.5 Å². The molecule has 0 amide bonds. The van der Waals surface area contributed by atoms with Gasteiger partial charge < -0.3 is 4.74 Å². The Morgan fingerprint density at radius 3 is 1.92 bits per heavy atom. The van der Waals surface area contributed by atoms with Crippen LogP contribution in [0.15, 0.2) is 158 Å². The van der Waals surface area contributed by atoms with Crippen LogP contribution in [0.2, 0.25) is 0 Å². The van der Waals surface area contributed by atoms with Gasteiger partial charge in [-0.2, -0.15) is 0 Å². The van der Waals surface area contributed by atoms with Crippen LogP contribution in [-0.4, -0.2) is 14.5 Å². The second-order valence-corrected chi connectivity index (χ2v) is 12.7. The molecule has 4 heteroatoms. The third-order valence-corrected chi connectivity index (χ3v) is 9.75. The van der Waals surface area contributed by atoms with E-state index >= 15 is 0 Å². The van der Waals surface area contributed by atoms with E-state index in [-0.39, 0.29) is 0 Å². The van der Waals surface area contributed by atoms with E-state index in [1.165, 1.54) is 38.6 Å². The first-order valence-electron chi connectivity index (χ1n) is 16.6.